The summed E-state index contributed by atoms with van der Waals surface area (Å²) >= 11 is 11.8. The van der Waals surface area contributed by atoms with E-state index in [1.54, 1.807) is 24.3 Å². The van der Waals surface area contributed by atoms with Gasteiger partial charge >= 0.3 is 0 Å². The molecule has 0 aliphatic carbocycles. The number of hydrogen-bond acceptors (Lipinski definition) is 6. The molecule has 2 aromatic carbocycles. The Bertz CT molecular complexity index is 1220. The van der Waals surface area contributed by atoms with Crippen molar-refractivity contribution in [3.8, 4) is 11.5 Å². The lowest BCUT2D eigenvalue weighted by molar-refractivity contribution is 0.102. The lowest BCUT2D eigenvalue weighted by Gasteiger charge is -2.14. The zero-order valence-corrected chi connectivity index (χ0v) is 18.7. The Kier molecular flexibility index (Phi) is 6.89. The summed E-state index contributed by atoms with van der Waals surface area (Å²) in [5.74, 6) is 0.0283. The van der Waals surface area contributed by atoms with Gasteiger partial charge in [0.25, 0.3) is 15.9 Å². The largest absolute Gasteiger partial charge is 0.497 e. The predicted molar refractivity (Wildman–Crippen MR) is 119 cm³/mol. The van der Waals surface area contributed by atoms with Crippen molar-refractivity contribution >= 4 is 50.5 Å². The lowest BCUT2D eigenvalue weighted by Crippen LogP contribution is -2.17. The molecule has 0 saturated carbocycles. The molecule has 3 aromatic rings. The first kappa shape index (κ1) is 22.7. The second-order valence-corrected chi connectivity index (χ2v) is 8.56. The third-order valence-corrected chi connectivity index (χ3v) is 6.00. The molecule has 31 heavy (non-hydrogen) atoms. The summed E-state index contributed by atoms with van der Waals surface area (Å²) in [5.41, 5.74) is 0.427. The molecule has 0 fully saturated rings. The lowest BCUT2D eigenvalue weighted by atomic mass is 10.2. The molecule has 162 valence electrons. The van der Waals surface area contributed by atoms with Crippen molar-refractivity contribution in [2.24, 2.45) is 0 Å². The maximum absolute atomic E-state index is 13.0. The molecule has 1 amide bonds. The number of rotatable bonds is 7. The van der Waals surface area contributed by atoms with E-state index in [4.69, 9.17) is 32.7 Å². The summed E-state index contributed by atoms with van der Waals surface area (Å²) in [7, 11) is -1.19. The van der Waals surface area contributed by atoms with E-state index in [9.17, 15) is 13.2 Å². The SMILES string of the molecule is COc1ccc(NS(=O)(=O)c2cc(NC(=O)c3nc(Cl)ccc3Cl)ccc2OC)cc1. The van der Waals surface area contributed by atoms with Crippen LogP contribution in [0, 0.1) is 0 Å². The van der Waals surface area contributed by atoms with E-state index < -0.39 is 15.9 Å². The van der Waals surface area contributed by atoms with Gasteiger partial charge in [-0.15, -0.1) is 0 Å². The molecule has 11 heteroatoms. The minimum atomic E-state index is -4.04. The summed E-state index contributed by atoms with van der Waals surface area (Å²) in [6.45, 7) is 0. The van der Waals surface area contributed by atoms with Crippen LogP contribution < -0.4 is 19.5 Å². The van der Waals surface area contributed by atoms with Crippen LogP contribution in [0.4, 0.5) is 11.4 Å². The van der Waals surface area contributed by atoms with Crippen molar-refractivity contribution in [1.29, 1.82) is 0 Å². The van der Waals surface area contributed by atoms with Gasteiger partial charge in [-0.3, -0.25) is 9.52 Å². The Balaban J connectivity index is 1.90. The molecular formula is C20H17Cl2N3O5S. The zero-order valence-electron chi connectivity index (χ0n) is 16.3. The van der Waals surface area contributed by atoms with Crippen LogP contribution >= 0.6 is 23.2 Å². The number of nitrogens with zero attached hydrogens (tertiary/aromatic N) is 1. The van der Waals surface area contributed by atoms with E-state index in [1.807, 2.05) is 0 Å². The van der Waals surface area contributed by atoms with Gasteiger partial charge in [0.05, 0.1) is 19.2 Å². The van der Waals surface area contributed by atoms with Crippen molar-refractivity contribution in [3.05, 3.63) is 70.5 Å². The Labute approximate surface area is 189 Å². The van der Waals surface area contributed by atoms with Gasteiger partial charge in [0.1, 0.15) is 27.2 Å². The maximum Gasteiger partial charge on any atom is 0.275 e. The van der Waals surface area contributed by atoms with Gasteiger partial charge in [-0.2, -0.15) is 0 Å². The van der Waals surface area contributed by atoms with E-state index in [1.165, 1.54) is 44.6 Å². The minimum absolute atomic E-state index is 0.0919. The van der Waals surface area contributed by atoms with Crippen LogP contribution in [0.5, 0.6) is 11.5 Å². The van der Waals surface area contributed by atoms with Gasteiger partial charge in [0.15, 0.2) is 0 Å². The molecule has 0 bridgehead atoms. The molecule has 0 aliphatic heterocycles. The number of pyridine rings is 1. The Hall–Kier alpha value is -3.01. The zero-order chi connectivity index (χ0) is 22.6. The number of ether oxygens (including phenoxy) is 2. The highest BCUT2D eigenvalue weighted by Gasteiger charge is 2.22. The number of hydrogen-bond donors (Lipinski definition) is 2. The van der Waals surface area contributed by atoms with Gasteiger partial charge in [-0.25, -0.2) is 13.4 Å². The molecule has 8 nitrogen and oxygen atoms in total. The van der Waals surface area contributed by atoms with Crippen molar-refractivity contribution in [2.45, 2.75) is 4.90 Å². The van der Waals surface area contributed by atoms with Crippen LogP contribution in [0.2, 0.25) is 10.2 Å². The fourth-order valence-electron chi connectivity index (χ4n) is 2.60. The average molecular weight is 482 g/mol. The van der Waals surface area contributed by atoms with Gasteiger partial charge < -0.3 is 14.8 Å². The average Bonchev–Trinajstić information content (AvgIpc) is 2.75. The number of benzene rings is 2. The van der Waals surface area contributed by atoms with Crippen molar-refractivity contribution in [2.75, 3.05) is 24.3 Å². The van der Waals surface area contributed by atoms with E-state index in [2.05, 4.69) is 15.0 Å². The first-order valence-corrected chi connectivity index (χ1v) is 11.0. The fourth-order valence-corrected chi connectivity index (χ4v) is 4.19. The predicted octanol–water partition coefficient (Wildman–Crippen LogP) is 4.46. The second kappa shape index (κ2) is 9.42. The Morgan fingerprint density at radius 3 is 2.26 bits per heavy atom. The van der Waals surface area contributed by atoms with E-state index in [0.717, 1.165) is 0 Å². The summed E-state index contributed by atoms with van der Waals surface area (Å²) < 4.78 is 38.6. The molecule has 0 atom stereocenters. The van der Waals surface area contributed by atoms with Gasteiger partial charge in [-0.1, -0.05) is 23.2 Å². The Morgan fingerprint density at radius 2 is 1.61 bits per heavy atom. The summed E-state index contributed by atoms with van der Waals surface area (Å²) in [4.78, 5) is 16.3. The first-order chi connectivity index (χ1) is 14.7. The molecule has 0 saturated heterocycles. The molecule has 0 radical (unpaired) electrons. The summed E-state index contributed by atoms with van der Waals surface area (Å²) in [6.07, 6.45) is 0. The number of carbonyl (C=O) groups excluding carboxylic acids is 1. The molecule has 0 unspecified atom stereocenters. The highest BCUT2D eigenvalue weighted by molar-refractivity contribution is 7.92. The quantitative estimate of drug-likeness (QED) is 0.482. The third kappa shape index (κ3) is 5.38. The highest BCUT2D eigenvalue weighted by Crippen LogP contribution is 2.30. The molecular weight excluding hydrogens is 465 g/mol. The van der Waals surface area contributed by atoms with Crippen molar-refractivity contribution in [3.63, 3.8) is 0 Å². The first-order valence-electron chi connectivity index (χ1n) is 8.72. The monoisotopic (exact) mass is 481 g/mol. The van der Waals surface area contributed by atoms with Crippen LogP contribution in [0.15, 0.2) is 59.5 Å². The van der Waals surface area contributed by atoms with Crippen LogP contribution in [0.25, 0.3) is 0 Å². The molecule has 1 heterocycles. The third-order valence-electron chi connectivity index (χ3n) is 4.08. The standard InChI is InChI=1S/C20H17Cl2N3O5S/c1-29-14-6-3-12(4-7-14)25-31(27,28)17-11-13(5-9-16(17)30-2)23-20(26)19-15(21)8-10-18(22)24-19/h3-11,25H,1-2H3,(H,23,26). The molecule has 1 aromatic heterocycles. The molecule has 2 N–H and O–H groups in total. The fraction of sp³-hybridized carbons (Fsp3) is 0.100. The number of methoxy groups -OCH3 is 2. The number of anilines is 2. The molecule has 0 spiro atoms. The van der Waals surface area contributed by atoms with E-state index >= 15 is 0 Å². The van der Waals surface area contributed by atoms with Crippen LogP contribution in [-0.4, -0.2) is 33.5 Å². The van der Waals surface area contributed by atoms with E-state index in [-0.39, 0.29) is 32.2 Å². The van der Waals surface area contributed by atoms with Gasteiger partial charge in [0, 0.05) is 11.4 Å². The van der Waals surface area contributed by atoms with Crippen LogP contribution in [0.1, 0.15) is 10.5 Å². The maximum atomic E-state index is 13.0. The summed E-state index contributed by atoms with van der Waals surface area (Å²) in [5, 5.41) is 2.76. The number of halogens is 2. The topological polar surface area (TPSA) is 107 Å². The van der Waals surface area contributed by atoms with Gasteiger partial charge in [0.2, 0.25) is 0 Å². The second-order valence-electron chi connectivity index (χ2n) is 6.12. The molecule has 3 rings (SSSR count). The Morgan fingerprint density at radius 1 is 0.935 bits per heavy atom. The smallest absolute Gasteiger partial charge is 0.275 e. The number of aromatic nitrogens is 1. The highest BCUT2D eigenvalue weighted by atomic mass is 35.5. The van der Waals surface area contributed by atoms with Crippen LogP contribution in [0.3, 0.4) is 0 Å². The molecule has 0 aliphatic rings. The number of sulfonamides is 1. The number of nitrogens with one attached hydrogen (secondary N) is 2. The van der Waals surface area contributed by atoms with E-state index in [0.29, 0.717) is 11.4 Å². The number of amides is 1. The van der Waals surface area contributed by atoms with Gasteiger partial charge in [-0.05, 0) is 54.6 Å². The summed E-state index contributed by atoms with van der Waals surface area (Å²) in [6, 6.07) is 13.4. The van der Waals surface area contributed by atoms with Crippen molar-refractivity contribution < 1.29 is 22.7 Å². The number of carbonyl (C=O) groups is 1. The normalized spacial score (nSPS) is 11.0. The minimum Gasteiger partial charge on any atom is -0.497 e. The van der Waals surface area contributed by atoms with Crippen LogP contribution in [-0.2, 0) is 10.0 Å². The van der Waals surface area contributed by atoms with Crippen molar-refractivity contribution in [1.82, 2.24) is 4.98 Å².